The molecule has 1 aliphatic rings. The number of fused-ring (bicyclic) bond motifs is 1. The van der Waals surface area contributed by atoms with Gasteiger partial charge in [0.2, 0.25) is 12.0 Å². The number of benzene rings is 2. The van der Waals surface area contributed by atoms with Gasteiger partial charge in [-0.3, -0.25) is 19.2 Å². The molecular formula is C29H30O14. The van der Waals surface area contributed by atoms with Crippen LogP contribution < -0.4 is 19.6 Å². The smallest absolute Gasteiger partial charge is 0.303 e. The predicted octanol–water partition coefficient (Wildman–Crippen LogP) is 2.81. The quantitative estimate of drug-likeness (QED) is 0.269. The molecule has 1 saturated heterocycles. The minimum Gasteiger partial charge on any atom is -0.507 e. The van der Waals surface area contributed by atoms with Crippen LogP contribution in [0.25, 0.3) is 22.3 Å². The number of esters is 3. The van der Waals surface area contributed by atoms with Gasteiger partial charge >= 0.3 is 17.9 Å². The lowest BCUT2D eigenvalue weighted by Gasteiger charge is -2.39. The summed E-state index contributed by atoms with van der Waals surface area (Å²) in [6.45, 7) is 3.19. The van der Waals surface area contributed by atoms with E-state index in [-0.39, 0.29) is 52.8 Å². The van der Waals surface area contributed by atoms with Gasteiger partial charge in [-0.2, -0.15) is 0 Å². The van der Waals surface area contributed by atoms with Gasteiger partial charge in [-0.1, -0.05) is 0 Å². The molecule has 14 heteroatoms. The van der Waals surface area contributed by atoms with Crippen molar-refractivity contribution >= 4 is 28.9 Å². The third-order valence-corrected chi connectivity index (χ3v) is 6.37. The normalized spacial score (nSPS) is 19.7. The fourth-order valence-corrected chi connectivity index (χ4v) is 4.61. The number of aromatic hydroxyl groups is 2. The zero-order chi connectivity index (χ0) is 31.4. The van der Waals surface area contributed by atoms with Crippen molar-refractivity contribution in [2.75, 3.05) is 20.8 Å². The number of carbonyl (C=O) groups is 3. The SMILES string of the molecule is COc1cc(-c2cc(=O)c3c(O)cc(O[C@H]4C[C@@H](OC(C)=O)[C@@H](OC(C)=O)[C@@H](COC(C)=O)O4)cc3o2)cc(OC)c1O. The molecule has 0 bridgehead atoms. The largest absolute Gasteiger partial charge is 0.507 e. The zero-order valence-corrected chi connectivity index (χ0v) is 23.9. The summed E-state index contributed by atoms with van der Waals surface area (Å²) in [7, 11) is 2.70. The Labute approximate surface area is 244 Å². The Morgan fingerprint density at radius 3 is 2.14 bits per heavy atom. The van der Waals surface area contributed by atoms with E-state index in [2.05, 4.69) is 0 Å². The van der Waals surface area contributed by atoms with Gasteiger partial charge in [0.25, 0.3) is 0 Å². The van der Waals surface area contributed by atoms with Crippen molar-refractivity contribution in [3.05, 3.63) is 40.6 Å². The fraction of sp³-hybridized carbons (Fsp3) is 0.379. The first kappa shape index (κ1) is 31.0. The number of phenolic OH excluding ortho intramolecular Hbond substituents is 2. The van der Waals surface area contributed by atoms with Crippen molar-refractivity contribution in [3.63, 3.8) is 0 Å². The van der Waals surface area contributed by atoms with Crippen LogP contribution in [0.4, 0.5) is 0 Å². The van der Waals surface area contributed by atoms with E-state index in [1.54, 1.807) is 0 Å². The lowest BCUT2D eigenvalue weighted by Crippen LogP contribution is -2.54. The Hall–Kier alpha value is -4.98. The number of hydrogen-bond donors (Lipinski definition) is 2. The molecule has 2 N–H and O–H groups in total. The van der Waals surface area contributed by atoms with Crippen LogP contribution in [0.5, 0.6) is 28.7 Å². The van der Waals surface area contributed by atoms with Crippen molar-refractivity contribution in [2.45, 2.75) is 51.8 Å². The molecule has 2 aromatic carbocycles. The van der Waals surface area contributed by atoms with Crippen LogP contribution in [-0.2, 0) is 33.3 Å². The molecule has 0 unspecified atom stereocenters. The molecule has 1 aromatic heterocycles. The number of rotatable bonds is 9. The standard InChI is InChI=1S/C29H30O14/c1-13(30)38-12-25-29(40-15(3)32)24(39-14(2)31)11-26(43-25)41-17-8-18(33)27-19(34)10-20(42-21(27)9-17)16-6-22(36-4)28(35)23(7-16)37-5/h6-10,24-26,29,33,35H,11-12H2,1-5H3/t24-,25-,26-,29-/m1/s1. The van der Waals surface area contributed by atoms with Crippen LogP contribution in [0, 0.1) is 0 Å². The summed E-state index contributed by atoms with van der Waals surface area (Å²) >= 11 is 0. The molecule has 0 saturated carbocycles. The molecule has 0 spiro atoms. The van der Waals surface area contributed by atoms with Crippen LogP contribution in [0.15, 0.2) is 39.5 Å². The molecule has 1 fully saturated rings. The Bertz CT molecular complexity index is 1570. The second-order valence-electron chi connectivity index (χ2n) is 9.50. The van der Waals surface area contributed by atoms with Gasteiger partial charge in [-0.05, 0) is 12.1 Å². The monoisotopic (exact) mass is 602 g/mol. The topological polar surface area (TPSA) is 186 Å². The van der Waals surface area contributed by atoms with Crippen LogP contribution in [-0.4, -0.2) is 73.5 Å². The molecule has 4 atom stereocenters. The minimum atomic E-state index is -1.14. The molecule has 3 aromatic rings. The third kappa shape index (κ3) is 7.09. The van der Waals surface area contributed by atoms with Gasteiger partial charge in [0, 0.05) is 44.5 Å². The summed E-state index contributed by atoms with van der Waals surface area (Å²) in [5, 5.41) is 20.8. The van der Waals surface area contributed by atoms with Gasteiger partial charge in [-0.15, -0.1) is 0 Å². The molecule has 14 nitrogen and oxygen atoms in total. The van der Waals surface area contributed by atoms with Gasteiger partial charge in [0.15, 0.2) is 23.0 Å². The van der Waals surface area contributed by atoms with Gasteiger partial charge in [-0.25, -0.2) is 0 Å². The van der Waals surface area contributed by atoms with Gasteiger partial charge < -0.3 is 47.8 Å². The maximum absolute atomic E-state index is 13.0. The molecule has 2 heterocycles. The van der Waals surface area contributed by atoms with E-state index in [9.17, 15) is 29.4 Å². The highest BCUT2D eigenvalue weighted by atomic mass is 16.7. The summed E-state index contributed by atoms with van der Waals surface area (Å²) in [4.78, 5) is 48.0. The van der Waals surface area contributed by atoms with Crippen molar-refractivity contribution in [1.29, 1.82) is 0 Å². The number of phenols is 2. The van der Waals surface area contributed by atoms with E-state index >= 15 is 0 Å². The second-order valence-corrected chi connectivity index (χ2v) is 9.50. The van der Waals surface area contributed by atoms with E-state index < -0.39 is 53.7 Å². The molecule has 4 rings (SSSR count). The number of hydrogen-bond acceptors (Lipinski definition) is 14. The summed E-state index contributed by atoms with van der Waals surface area (Å²) in [5.74, 6) is -2.42. The van der Waals surface area contributed by atoms with E-state index in [0.717, 1.165) is 6.07 Å². The molecule has 1 aliphatic heterocycles. The summed E-state index contributed by atoms with van der Waals surface area (Å²) in [5.41, 5.74) is -0.285. The Kier molecular flexibility index (Phi) is 9.29. The van der Waals surface area contributed by atoms with E-state index in [4.69, 9.17) is 37.6 Å². The molecular weight excluding hydrogens is 572 g/mol. The molecule has 230 valence electrons. The fourth-order valence-electron chi connectivity index (χ4n) is 4.61. The predicted molar refractivity (Wildman–Crippen MR) is 146 cm³/mol. The second kappa shape index (κ2) is 12.9. The van der Waals surface area contributed by atoms with E-state index in [1.165, 1.54) is 59.3 Å². The first-order valence-corrected chi connectivity index (χ1v) is 13.0. The van der Waals surface area contributed by atoms with E-state index in [0.29, 0.717) is 5.56 Å². The highest BCUT2D eigenvalue weighted by molar-refractivity contribution is 5.86. The van der Waals surface area contributed by atoms with Crippen molar-refractivity contribution in [2.24, 2.45) is 0 Å². The highest BCUT2D eigenvalue weighted by Gasteiger charge is 2.44. The summed E-state index contributed by atoms with van der Waals surface area (Å²) < 4.78 is 43.9. The first-order valence-electron chi connectivity index (χ1n) is 13.0. The Morgan fingerprint density at radius 2 is 1.56 bits per heavy atom. The molecule has 43 heavy (non-hydrogen) atoms. The number of methoxy groups -OCH3 is 2. The first-order chi connectivity index (χ1) is 20.4. The lowest BCUT2D eigenvalue weighted by atomic mass is 10.0. The van der Waals surface area contributed by atoms with Crippen molar-refractivity contribution in [3.8, 4) is 40.1 Å². The highest BCUT2D eigenvalue weighted by Crippen LogP contribution is 2.41. The summed E-state index contributed by atoms with van der Waals surface area (Å²) in [6, 6.07) is 6.57. The number of carbonyl (C=O) groups excluding carboxylic acids is 3. The maximum Gasteiger partial charge on any atom is 0.303 e. The minimum absolute atomic E-state index is 0.00918. The van der Waals surface area contributed by atoms with Crippen molar-refractivity contribution in [1.82, 2.24) is 0 Å². The van der Waals surface area contributed by atoms with Crippen LogP contribution >= 0.6 is 0 Å². The molecule has 0 amide bonds. The van der Waals surface area contributed by atoms with Crippen LogP contribution in [0.2, 0.25) is 0 Å². The van der Waals surface area contributed by atoms with Crippen LogP contribution in [0.1, 0.15) is 27.2 Å². The molecule has 0 radical (unpaired) electrons. The average molecular weight is 603 g/mol. The third-order valence-electron chi connectivity index (χ3n) is 6.37. The lowest BCUT2D eigenvalue weighted by molar-refractivity contribution is -0.245. The van der Waals surface area contributed by atoms with Gasteiger partial charge in [0.1, 0.15) is 47.0 Å². The van der Waals surface area contributed by atoms with Crippen molar-refractivity contribution < 1.29 is 62.2 Å². The number of ether oxygens (including phenoxy) is 7. The summed E-state index contributed by atoms with van der Waals surface area (Å²) in [6.07, 6.45) is -4.46. The average Bonchev–Trinajstić information content (AvgIpc) is 2.92. The Balaban J connectivity index is 1.70. The Morgan fingerprint density at radius 1 is 0.907 bits per heavy atom. The molecule has 0 aliphatic carbocycles. The van der Waals surface area contributed by atoms with Gasteiger partial charge in [0.05, 0.1) is 20.6 Å². The van der Waals surface area contributed by atoms with Crippen LogP contribution in [0.3, 0.4) is 0 Å². The zero-order valence-electron chi connectivity index (χ0n) is 23.9. The van der Waals surface area contributed by atoms with E-state index in [1.807, 2.05) is 0 Å². The maximum atomic E-state index is 13.0.